The van der Waals surface area contributed by atoms with Crippen LogP contribution in [0.1, 0.15) is 17.2 Å². The Bertz CT molecular complexity index is 729. The molecule has 0 aliphatic heterocycles. The number of aromatic amines is 2. The Hall–Kier alpha value is -2.40. The molecule has 0 amide bonds. The summed E-state index contributed by atoms with van der Waals surface area (Å²) in [5, 5.41) is 0. The Morgan fingerprint density at radius 1 is 1.11 bits per heavy atom. The van der Waals surface area contributed by atoms with Gasteiger partial charge in [-0.3, -0.25) is 4.98 Å². The first-order valence-electron chi connectivity index (χ1n) is 5.61. The molecule has 0 radical (unpaired) electrons. The van der Waals surface area contributed by atoms with E-state index in [1.807, 2.05) is 30.3 Å². The Labute approximate surface area is 103 Å². The van der Waals surface area contributed by atoms with Crippen molar-refractivity contribution in [2.75, 3.05) is 0 Å². The van der Waals surface area contributed by atoms with Gasteiger partial charge in [0.25, 0.3) is 0 Å². The van der Waals surface area contributed by atoms with E-state index >= 15 is 0 Å². The third-order valence-corrected chi connectivity index (χ3v) is 2.94. The number of nitrogens with two attached hydrogens (primary N) is 1. The van der Waals surface area contributed by atoms with Gasteiger partial charge in [0.15, 0.2) is 0 Å². The van der Waals surface area contributed by atoms with E-state index in [0.717, 1.165) is 22.2 Å². The summed E-state index contributed by atoms with van der Waals surface area (Å²) in [5.74, 6) is 0. The molecule has 90 valence electrons. The number of aromatic nitrogens is 3. The molecule has 0 saturated carbocycles. The summed E-state index contributed by atoms with van der Waals surface area (Å²) < 4.78 is 0. The van der Waals surface area contributed by atoms with Gasteiger partial charge in [-0.25, -0.2) is 4.79 Å². The molecular weight excluding hydrogens is 228 g/mol. The van der Waals surface area contributed by atoms with E-state index in [0.29, 0.717) is 0 Å². The Balaban J connectivity index is 2.06. The van der Waals surface area contributed by atoms with Gasteiger partial charge >= 0.3 is 5.69 Å². The van der Waals surface area contributed by atoms with E-state index in [9.17, 15) is 4.79 Å². The molecule has 0 saturated heterocycles. The molecule has 0 aliphatic carbocycles. The number of hydrogen-bond donors (Lipinski definition) is 3. The van der Waals surface area contributed by atoms with Gasteiger partial charge in [-0.05, 0) is 29.3 Å². The van der Waals surface area contributed by atoms with Gasteiger partial charge in [0.1, 0.15) is 0 Å². The maximum Gasteiger partial charge on any atom is 0.323 e. The first-order valence-corrected chi connectivity index (χ1v) is 5.61. The van der Waals surface area contributed by atoms with Crippen LogP contribution in [0.4, 0.5) is 0 Å². The number of nitrogens with one attached hydrogen (secondary N) is 2. The van der Waals surface area contributed by atoms with Crippen molar-refractivity contribution < 1.29 is 0 Å². The number of H-pyrrole nitrogens is 2. The van der Waals surface area contributed by atoms with Crippen LogP contribution in [-0.4, -0.2) is 15.0 Å². The van der Waals surface area contributed by atoms with Crippen molar-refractivity contribution in [1.29, 1.82) is 0 Å². The molecule has 0 spiro atoms. The van der Waals surface area contributed by atoms with Gasteiger partial charge in [-0.2, -0.15) is 0 Å². The summed E-state index contributed by atoms with van der Waals surface area (Å²) >= 11 is 0. The van der Waals surface area contributed by atoms with Crippen molar-refractivity contribution in [2.45, 2.75) is 6.04 Å². The second kappa shape index (κ2) is 4.12. The lowest BCUT2D eigenvalue weighted by Crippen LogP contribution is -2.11. The van der Waals surface area contributed by atoms with Crippen molar-refractivity contribution in [2.24, 2.45) is 5.73 Å². The number of hydrogen-bond acceptors (Lipinski definition) is 3. The number of imidazole rings is 1. The third kappa shape index (κ3) is 1.80. The van der Waals surface area contributed by atoms with E-state index < -0.39 is 0 Å². The topological polar surface area (TPSA) is 87.6 Å². The molecule has 1 unspecified atom stereocenters. The highest BCUT2D eigenvalue weighted by molar-refractivity contribution is 5.75. The minimum absolute atomic E-state index is 0.211. The van der Waals surface area contributed by atoms with Crippen LogP contribution in [0.25, 0.3) is 11.0 Å². The normalized spacial score (nSPS) is 12.7. The van der Waals surface area contributed by atoms with Crippen LogP contribution < -0.4 is 11.4 Å². The third-order valence-electron chi connectivity index (χ3n) is 2.94. The summed E-state index contributed by atoms with van der Waals surface area (Å²) in [7, 11) is 0. The fourth-order valence-electron chi connectivity index (χ4n) is 2.00. The number of pyridine rings is 1. The van der Waals surface area contributed by atoms with Crippen molar-refractivity contribution in [3.63, 3.8) is 0 Å². The lowest BCUT2D eigenvalue weighted by molar-refractivity contribution is 0.864. The molecule has 5 heteroatoms. The first-order chi connectivity index (χ1) is 8.74. The molecule has 1 atom stereocenters. The van der Waals surface area contributed by atoms with Gasteiger partial charge < -0.3 is 15.7 Å². The minimum Gasteiger partial charge on any atom is -0.320 e. The van der Waals surface area contributed by atoms with Crippen molar-refractivity contribution in [3.8, 4) is 0 Å². The molecule has 5 nitrogen and oxygen atoms in total. The summed E-state index contributed by atoms with van der Waals surface area (Å²) in [6.07, 6.45) is 3.46. The van der Waals surface area contributed by atoms with Crippen molar-refractivity contribution in [1.82, 2.24) is 15.0 Å². The van der Waals surface area contributed by atoms with E-state index in [1.165, 1.54) is 0 Å². The highest BCUT2D eigenvalue weighted by Gasteiger charge is 2.10. The molecule has 2 aromatic heterocycles. The highest BCUT2D eigenvalue weighted by Crippen LogP contribution is 2.21. The maximum atomic E-state index is 11.2. The average molecular weight is 240 g/mol. The van der Waals surface area contributed by atoms with Crippen LogP contribution >= 0.6 is 0 Å². The zero-order chi connectivity index (χ0) is 12.5. The Kier molecular flexibility index (Phi) is 2.46. The van der Waals surface area contributed by atoms with Crippen molar-refractivity contribution in [3.05, 3.63) is 64.3 Å². The predicted octanol–water partition coefficient (Wildman–Crippen LogP) is 1.30. The summed E-state index contributed by atoms with van der Waals surface area (Å²) in [5.41, 5.74) is 9.38. The van der Waals surface area contributed by atoms with Crippen molar-refractivity contribution >= 4 is 11.0 Å². The van der Waals surface area contributed by atoms with Crippen LogP contribution in [-0.2, 0) is 0 Å². The zero-order valence-electron chi connectivity index (χ0n) is 9.55. The molecule has 3 rings (SSSR count). The van der Waals surface area contributed by atoms with Crippen LogP contribution in [0.15, 0.2) is 47.5 Å². The minimum atomic E-state index is -0.249. The smallest absolute Gasteiger partial charge is 0.320 e. The lowest BCUT2D eigenvalue weighted by atomic mass is 10.0. The van der Waals surface area contributed by atoms with Gasteiger partial charge in [0.05, 0.1) is 17.1 Å². The Morgan fingerprint density at radius 2 is 1.94 bits per heavy atom. The second-order valence-corrected chi connectivity index (χ2v) is 4.15. The molecule has 0 aliphatic rings. The van der Waals surface area contributed by atoms with Gasteiger partial charge in [0.2, 0.25) is 0 Å². The van der Waals surface area contributed by atoms with E-state index in [-0.39, 0.29) is 11.7 Å². The molecule has 1 aromatic carbocycles. The summed E-state index contributed by atoms with van der Waals surface area (Å²) in [6.45, 7) is 0. The van der Waals surface area contributed by atoms with Crippen LogP contribution in [0.3, 0.4) is 0 Å². The van der Waals surface area contributed by atoms with E-state index in [2.05, 4.69) is 15.0 Å². The van der Waals surface area contributed by atoms with Gasteiger partial charge in [-0.15, -0.1) is 0 Å². The fourth-order valence-corrected chi connectivity index (χ4v) is 2.00. The van der Waals surface area contributed by atoms with Crippen LogP contribution in [0.2, 0.25) is 0 Å². The summed E-state index contributed by atoms with van der Waals surface area (Å²) in [4.78, 5) is 20.7. The number of benzene rings is 1. The standard InChI is InChI=1S/C13H12N4O/c14-12(9-2-1-5-15-7-9)8-3-4-10-11(6-8)17-13(18)16-10/h1-7,12H,14H2,(H2,16,17,18). The van der Waals surface area contributed by atoms with Crippen LogP contribution in [0.5, 0.6) is 0 Å². The number of fused-ring (bicyclic) bond motifs is 1. The van der Waals surface area contributed by atoms with E-state index in [4.69, 9.17) is 5.73 Å². The molecule has 0 bridgehead atoms. The highest BCUT2D eigenvalue weighted by atomic mass is 16.1. The van der Waals surface area contributed by atoms with E-state index in [1.54, 1.807) is 12.4 Å². The Morgan fingerprint density at radius 3 is 2.72 bits per heavy atom. The predicted molar refractivity (Wildman–Crippen MR) is 69.2 cm³/mol. The molecule has 18 heavy (non-hydrogen) atoms. The molecule has 3 aromatic rings. The lowest BCUT2D eigenvalue weighted by Gasteiger charge is -2.11. The van der Waals surface area contributed by atoms with Crippen LogP contribution in [0, 0.1) is 0 Å². The molecular formula is C13H12N4O. The first kappa shape index (κ1) is 10.7. The number of nitrogens with zero attached hydrogens (tertiary/aromatic N) is 1. The second-order valence-electron chi connectivity index (χ2n) is 4.15. The molecule has 2 heterocycles. The molecule has 4 N–H and O–H groups in total. The monoisotopic (exact) mass is 240 g/mol. The fraction of sp³-hybridized carbons (Fsp3) is 0.0769. The maximum absolute atomic E-state index is 11.2. The zero-order valence-corrected chi connectivity index (χ0v) is 9.55. The average Bonchev–Trinajstić information content (AvgIpc) is 2.78. The van der Waals surface area contributed by atoms with Gasteiger partial charge in [0, 0.05) is 12.4 Å². The molecule has 0 fully saturated rings. The largest absolute Gasteiger partial charge is 0.323 e. The SMILES string of the molecule is NC(c1cccnc1)c1ccc2[nH]c(=O)[nH]c2c1. The quantitative estimate of drug-likeness (QED) is 0.631. The van der Waals surface area contributed by atoms with Gasteiger partial charge in [-0.1, -0.05) is 12.1 Å². The summed E-state index contributed by atoms with van der Waals surface area (Å²) in [6, 6.07) is 9.17. The number of rotatable bonds is 2.